The van der Waals surface area contributed by atoms with Crippen molar-refractivity contribution in [1.29, 1.82) is 0 Å². The molecule has 0 fully saturated rings. The van der Waals surface area contributed by atoms with Crippen LogP contribution >= 0.6 is 0 Å². The van der Waals surface area contributed by atoms with Crippen molar-refractivity contribution in [3.05, 3.63) is 35.4 Å². The topological polar surface area (TPSA) is 32.3 Å². The van der Waals surface area contributed by atoms with Gasteiger partial charge in [-0.2, -0.15) is 13.2 Å². The molecule has 1 aromatic carbocycles. The van der Waals surface area contributed by atoms with Crippen LogP contribution in [0.4, 0.5) is 13.2 Å². The number of hydrogen-bond donors (Lipinski definition) is 2. The largest absolute Gasteiger partial charge is 0.416 e. The molecule has 1 rings (SSSR count). The second-order valence-corrected chi connectivity index (χ2v) is 5.86. The molecule has 1 atom stereocenters. The minimum atomic E-state index is -4.31. The van der Waals surface area contributed by atoms with Crippen molar-refractivity contribution >= 4 is 0 Å². The minimum Gasteiger partial charge on any atom is -0.396 e. The Balaban J connectivity index is 2.71. The van der Waals surface area contributed by atoms with Gasteiger partial charge in [0.15, 0.2) is 0 Å². The Bertz CT molecular complexity index is 429. The van der Waals surface area contributed by atoms with E-state index in [-0.39, 0.29) is 18.1 Å². The lowest BCUT2D eigenvalue weighted by Crippen LogP contribution is -2.32. The molecule has 0 aromatic heterocycles. The molecule has 0 radical (unpaired) electrons. The molecule has 0 aliphatic rings. The van der Waals surface area contributed by atoms with Gasteiger partial charge in [-0.05, 0) is 36.5 Å². The number of aliphatic hydroxyl groups excluding tert-OH is 1. The van der Waals surface area contributed by atoms with Crippen molar-refractivity contribution in [2.75, 3.05) is 13.2 Å². The maximum absolute atomic E-state index is 12.7. The van der Waals surface area contributed by atoms with Crippen molar-refractivity contribution in [1.82, 2.24) is 5.32 Å². The van der Waals surface area contributed by atoms with Crippen molar-refractivity contribution in [3.63, 3.8) is 0 Å². The molecule has 0 bridgehead atoms. The van der Waals surface area contributed by atoms with E-state index in [1.165, 1.54) is 12.1 Å². The summed E-state index contributed by atoms with van der Waals surface area (Å²) in [5.41, 5.74) is -0.108. The van der Waals surface area contributed by atoms with Crippen LogP contribution in [0, 0.1) is 5.41 Å². The van der Waals surface area contributed by atoms with Crippen LogP contribution in [0.15, 0.2) is 24.3 Å². The van der Waals surface area contributed by atoms with Gasteiger partial charge in [0.2, 0.25) is 0 Å². The average Bonchev–Trinajstić information content (AvgIpc) is 2.35. The molecule has 0 aliphatic heterocycles. The van der Waals surface area contributed by atoms with E-state index in [1.807, 2.05) is 20.8 Å². The number of nitrogens with one attached hydrogen (secondary N) is 1. The molecule has 2 N–H and O–H groups in total. The van der Waals surface area contributed by atoms with Crippen molar-refractivity contribution in [2.24, 2.45) is 5.41 Å². The zero-order valence-corrected chi connectivity index (χ0v) is 12.1. The molecule has 2 nitrogen and oxygen atoms in total. The van der Waals surface area contributed by atoms with Crippen LogP contribution in [0.3, 0.4) is 0 Å². The number of rotatable bonds is 6. The summed E-state index contributed by atoms with van der Waals surface area (Å²) in [4.78, 5) is 0. The van der Waals surface area contributed by atoms with Crippen LogP contribution in [0.5, 0.6) is 0 Å². The van der Waals surface area contributed by atoms with Crippen LogP contribution < -0.4 is 5.32 Å². The molecule has 5 heteroatoms. The van der Waals surface area contributed by atoms with E-state index in [9.17, 15) is 13.2 Å². The smallest absolute Gasteiger partial charge is 0.396 e. The first-order valence-electron chi connectivity index (χ1n) is 6.67. The molecular weight excluding hydrogens is 267 g/mol. The summed E-state index contributed by atoms with van der Waals surface area (Å²) >= 11 is 0. The highest BCUT2D eigenvalue weighted by Gasteiger charge is 2.30. The molecule has 0 heterocycles. The van der Waals surface area contributed by atoms with Crippen LogP contribution in [-0.4, -0.2) is 18.3 Å². The van der Waals surface area contributed by atoms with Gasteiger partial charge >= 0.3 is 6.18 Å². The highest BCUT2D eigenvalue weighted by Crippen LogP contribution is 2.31. The Morgan fingerprint density at radius 1 is 1.25 bits per heavy atom. The van der Waals surface area contributed by atoms with Crippen molar-refractivity contribution in [2.45, 2.75) is 39.4 Å². The standard InChI is InChI=1S/C15H22F3NO/c1-11(19-10-14(2,3)7-8-20)12-5-4-6-13(9-12)15(16,17)18/h4-6,9,11,19-20H,7-8,10H2,1-3H3. The van der Waals surface area contributed by atoms with Gasteiger partial charge < -0.3 is 10.4 Å². The summed E-state index contributed by atoms with van der Waals surface area (Å²) in [6.07, 6.45) is -3.67. The number of benzene rings is 1. The Morgan fingerprint density at radius 2 is 1.90 bits per heavy atom. The maximum atomic E-state index is 12.7. The summed E-state index contributed by atoms with van der Waals surface area (Å²) in [7, 11) is 0. The molecule has 0 spiro atoms. The van der Waals surface area contributed by atoms with Gasteiger partial charge in [0.05, 0.1) is 5.56 Å². The lowest BCUT2D eigenvalue weighted by Gasteiger charge is -2.26. The summed E-state index contributed by atoms with van der Waals surface area (Å²) in [5, 5.41) is 12.2. The number of hydrogen-bond acceptors (Lipinski definition) is 2. The van der Waals surface area contributed by atoms with E-state index in [0.717, 1.165) is 6.07 Å². The van der Waals surface area contributed by atoms with E-state index >= 15 is 0 Å². The SMILES string of the molecule is CC(NCC(C)(C)CCO)c1cccc(C(F)(F)F)c1. The van der Waals surface area contributed by atoms with Gasteiger partial charge in [-0.25, -0.2) is 0 Å². The predicted octanol–water partition coefficient (Wildman–Crippen LogP) is 3.76. The maximum Gasteiger partial charge on any atom is 0.416 e. The van der Waals surface area contributed by atoms with Gasteiger partial charge in [-0.3, -0.25) is 0 Å². The number of aliphatic hydroxyl groups is 1. The Kier molecular flexibility index (Phi) is 5.59. The molecular formula is C15H22F3NO. The summed E-state index contributed by atoms with van der Waals surface area (Å²) in [5.74, 6) is 0. The van der Waals surface area contributed by atoms with E-state index in [0.29, 0.717) is 18.5 Å². The zero-order valence-electron chi connectivity index (χ0n) is 12.1. The Labute approximate surface area is 118 Å². The number of halogens is 3. The van der Waals surface area contributed by atoms with E-state index in [2.05, 4.69) is 5.32 Å². The molecule has 0 saturated carbocycles. The molecule has 0 amide bonds. The van der Waals surface area contributed by atoms with Gasteiger partial charge in [0.1, 0.15) is 0 Å². The van der Waals surface area contributed by atoms with E-state index in [1.54, 1.807) is 6.07 Å². The Hall–Kier alpha value is -1.07. The lowest BCUT2D eigenvalue weighted by atomic mass is 9.89. The minimum absolute atomic E-state index is 0.0926. The summed E-state index contributed by atoms with van der Waals surface area (Å²) in [6.45, 7) is 6.59. The predicted molar refractivity (Wildman–Crippen MR) is 73.3 cm³/mol. The monoisotopic (exact) mass is 289 g/mol. The second-order valence-electron chi connectivity index (χ2n) is 5.86. The van der Waals surface area contributed by atoms with Crippen LogP contribution in [0.1, 0.15) is 44.4 Å². The first-order valence-corrected chi connectivity index (χ1v) is 6.67. The second kappa shape index (κ2) is 6.59. The molecule has 114 valence electrons. The van der Waals surface area contributed by atoms with Gasteiger partial charge in [0.25, 0.3) is 0 Å². The third-order valence-corrected chi connectivity index (χ3v) is 3.39. The van der Waals surface area contributed by atoms with Crippen molar-refractivity contribution in [3.8, 4) is 0 Å². The fraction of sp³-hybridized carbons (Fsp3) is 0.600. The fourth-order valence-corrected chi connectivity index (χ4v) is 1.92. The molecule has 20 heavy (non-hydrogen) atoms. The van der Waals surface area contributed by atoms with E-state index < -0.39 is 11.7 Å². The molecule has 1 aromatic rings. The van der Waals surface area contributed by atoms with Crippen LogP contribution in [0.25, 0.3) is 0 Å². The third kappa shape index (κ3) is 5.13. The summed E-state index contributed by atoms with van der Waals surface area (Å²) in [6, 6.07) is 5.19. The molecule has 0 aliphatic carbocycles. The fourth-order valence-electron chi connectivity index (χ4n) is 1.92. The van der Waals surface area contributed by atoms with Crippen molar-refractivity contribution < 1.29 is 18.3 Å². The van der Waals surface area contributed by atoms with Gasteiger partial charge in [0, 0.05) is 19.2 Å². The highest BCUT2D eigenvalue weighted by atomic mass is 19.4. The first kappa shape index (κ1) is 17.0. The Morgan fingerprint density at radius 3 is 2.45 bits per heavy atom. The highest BCUT2D eigenvalue weighted by molar-refractivity contribution is 5.27. The van der Waals surface area contributed by atoms with Crippen LogP contribution in [0.2, 0.25) is 0 Å². The normalized spacial score (nSPS) is 14.3. The number of alkyl halides is 3. The first-order chi connectivity index (χ1) is 9.15. The molecule has 1 unspecified atom stereocenters. The lowest BCUT2D eigenvalue weighted by molar-refractivity contribution is -0.137. The van der Waals surface area contributed by atoms with E-state index in [4.69, 9.17) is 5.11 Å². The zero-order chi connectivity index (χ0) is 15.4. The summed E-state index contributed by atoms with van der Waals surface area (Å²) < 4.78 is 38.0. The average molecular weight is 289 g/mol. The van der Waals surface area contributed by atoms with Gasteiger partial charge in [-0.15, -0.1) is 0 Å². The van der Waals surface area contributed by atoms with Crippen LogP contribution in [-0.2, 0) is 6.18 Å². The molecule has 0 saturated heterocycles. The third-order valence-electron chi connectivity index (χ3n) is 3.39. The van der Waals surface area contributed by atoms with Gasteiger partial charge in [-0.1, -0.05) is 26.0 Å². The quantitative estimate of drug-likeness (QED) is 0.835.